The topological polar surface area (TPSA) is 76.0 Å². The van der Waals surface area contributed by atoms with Gasteiger partial charge in [0.1, 0.15) is 24.1 Å². The van der Waals surface area contributed by atoms with E-state index in [0.717, 1.165) is 39.9 Å². The highest BCUT2D eigenvalue weighted by atomic mass is 79.9. The van der Waals surface area contributed by atoms with Gasteiger partial charge in [0.15, 0.2) is 0 Å². The molecule has 9 heteroatoms. The van der Waals surface area contributed by atoms with Crippen molar-refractivity contribution in [2.75, 3.05) is 31.0 Å². The number of nitrogens with zero attached hydrogens (tertiary/aromatic N) is 3. The molecule has 3 aromatic carbocycles. The highest BCUT2D eigenvalue weighted by Gasteiger charge is 2.41. The Hall–Kier alpha value is -4.24. The van der Waals surface area contributed by atoms with Crippen LogP contribution < -0.4 is 19.7 Å². The lowest BCUT2D eigenvalue weighted by molar-refractivity contribution is -0.119. The first-order chi connectivity index (χ1) is 19.5. The minimum absolute atomic E-state index is 0.0183. The second-order valence-corrected chi connectivity index (χ2v) is 10.8. The molecule has 0 unspecified atom stereocenters. The maximum Gasteiger partial charge on any atom is 0.322 e. The SMILES string of the molecule is COc1ccc(OC)c([C@@H]2c3cccn3-c3ccccc3N2C(=O)CN(C(=O)Nc2cccc(Br)c2)C2CC2)c1. The standard InChI is InChI=1S/C31H29BrN4O4/c1-39-23-14-15-28(40-2)24(18-23)30-27-11-6-16-34(27)25-9-3-4-10-26(25)36(30)29(37)19-35(22-12-13-22)31(38)33-21-8-5-7-20(32)17-21/h3-11,14-18,22,30H,12-13,19H2,1-2H3,(H,33,38)/t30-/m1/s1. The maximum atomic E-state index is 14.4. The number of amides is 3. The molecule has 2 aliphatic rings. The van der Waals surface area contributed by atoms with Gasteiger partial charge in [-0.05, 0) is 73.5 Å². The number of urea groups is 1. The van der Waals surface area contributed by atoms with Crippen molar-refractivity contribution in [1.82, 2.24) is 9.47 Å². The summed E-state index contributed by atoms with van der Waals surface area (Å²) in [6, 6.07) is 24.1. The molecule has 40 heavy (non-hydrogen) atoms. The Labute approximate surface area is 241 Å². The molecule has 1 saturated carbocycles. The molecule has 1 aliphatic heterocycles. The van der Waals surface area contributed by atoms with E-state index >= 15 is 0 Å². The number of carbonyl (C=O) groups excluding carboxylic acids is 2. The van der Waals surface area contributed by atoms with E-state index in [4.69, 9.17) is 9.47 Å². The molecule has 0 bridgehead atoms. The zero-order valence-corrected chi connectivity index (χ0v) is 23.8. The molecule has 1 aromatic heterocycles. The van der Waals surface area contributed by atoms with Crippen LogP contribution in [-0.2, 0) is 4.79 Å². The van der Waals surface area contributed by atoms with Crippen LogP contribution in [0.1, 0.15) is 30.1 Å². The third-order valence-corrected chi connectivity index (χ3v) is 7.84. The number of para-hydroxylation sites is 2. The van der Waals surface area contributed by atoms with Gasteiger partial charge in [0.25, 0.3) is 0 Å². The predicted octanol–water partition coefficient (Wildman–Crippen LogP) is 6.39. The van der Waals surface area contributed by atoms with Crippen LogP contribution >= 0.6 is 15.9 Å². The molecular formula is C31H29BrN4O4. The molecule has 0 saturated heterocycles. The Morgan fingerprint density at radius 3 is 2.48 bits per heavy atom. The Morgan fingerprint density at radius 1 is 0.950 bits per heavy atom. The summed E-state index contributed by atoms with van der Waals surface area (Å²) in [5.41, 5.74) is 4.02. The normalized spacial score (nSPS) is 15.6. The second kappa shape index (κ2) is 10.7. The molecule has 1 N–H and O–H groups in total. The molecule has 2 heterocycles. The largest absolute Gasteiger partial charge is 0.497 e. The molecule has 0 radical (unpaired) electrons. The molecular weight excluding hydrogens is 572 g/mol. The lowest BCUT2D eigenvalue weighted by Crippen LogP contribution is -2.48. The lowest BCUT2D eigenvalue weighted by atomic mass is 9.96. The van der Waals surface area contributed by atoms with Crippen molar-refractivity contribution in [3.63, 3.8) is 0 Å². The second-order valence-electron chi connectivity index (χ2n) is 9.87. The van der Waals surface area contributed by atoms with Crippen LogP contribution in [-0.4, -0.2) is 48.2 Å². The first-order valence-electron chi connectivity index (χ1n) is 13.1. The quantitative estimate of drug-likeness (QED) is 0.267. The molecule has 8 nitrogen and oxygen atoms in total. The number of ether oxygens (including phenoxy) is 2. The highest BCUT2D eigenvalue weighted by Crippen LogP contribution is 2.45. The summed E-state index contributed by atoms with van der Waals surface area (Å²) in [6.45, 7) is -0.0671. The number of fused-ring (bicyclic) bond motifs is 3. The van der Waals surface area contributed by atoms with Gasteiger partial charge >= 0.3 is 6.03 Å². The predicted molar refractivity (Wildman–Crippen MR) is 158 cm³/mol. The number of methoxy groups -OCH3 is 2. The number of benzene rings is 3. The Balaban J connectivity index is 1.40. The van der Waals surface area contributed by atoms with E-state index in [9.17, 15) is 9.59 Å². The molecule has 1 atom stereocenters. The van der Waals surface area contributed by atoms with Crippen molar-refractivity contribution >= 4 is 39.2 Å². The van der Waals surface area contributed by atoms with Crippen LogP contribution in [0.5, 0.6) is 11.5 Å². The summed E-state index contributed by atoms with van der Waals surface area (Å²) in [4.78, 5) is 31.3. The number of carbonyl (C=O) groups is 2. The third-order valence-electron chi connectivity index (χ3n) is 7.35. The van der Waals surface area contributed by atoms with Gasteiger partial charge in [-0.1, -0.05) is 34.1 Å². The van der Waals surface area contributed by atoms with E-state index < -0.39 is 6.04 Å². The Bertz CT molecular complexity index is 1580. The van der Waals surface area contributed by atoms with Crippen LogP contribution in [0.3, 0.4) is 0 Å². The number of anilines is 2. The van der Waals surface area contributed by atoms with Gasteiger partial charge in [-0.3, -0.25) is 9.69 Å². The minimum Gasteiger partial charge on any atom is -0.497 e. The van der Waals surface area contributed by atoms with E-state index in [0.29, 0.717) is 17.2 Å². The van der Waals surface area contributed by atoms with Crippen molar-refractivity contribution < 1.29 is 19.1 Å². The van der Waals surface area contributed by atoms with Crippen molar-refractivity contribution in [2.24, 2.45) is 0 Å². The maximum absolute atomic E-state index is 14.4. The first kappa shape index (κ1) is 26.0. The summed E-state index contributed by atoms with van der Waals surface area (Å²) in [7, 11) is 3.24. The summed E-state index contributed by atoms with van der Waals surface area (Å²) in [5.74, 6) is 1.11. The smallest absolute Gasteiger partial charge is 0.322 e. The van der Waals surface area contributed by atoms with Gasteiger partial charge in [-0.25, -0.2) is 4.79 Å². The third kappa shape index (κ3) is 4.81. The first-order valence-corrected chi connectivity index (χ1v) is 13.9. The average molecular weight is 602 g/mol. The van der Waals surface area contributed by atoms with E-state index in [-0.39, 0.29) is 24.5 Å². The van der Waals surface area contributed by atoms with Gasteiger partial charge < -0.3 is 24.3 Å². The van der Waals surface area contributed by atoms with Crippen LogP contribution in [0.15, 0.2) is 89.5 Å². The van der Waals surface area contributed by atoms with Gasteiger partial charge in [-0.15, -0.1) is 0 Å². The summed E-state index contributed by atoms with van der Waals surface area (Å²) >= 11 is 3.45. The zero-order chi connectivity index (χ0) is 27.8. The van der Waals surface area contributed by atoms with Crippen LogP contribution in [0.25, 0.3) is 5.69 Å². The number of halogens is 1. The zero-order valence-electron chi connectivity index (χ0n) is 22.2. The Kier molecular flexibility index (Phi) is 6.98. The fraction of sp³-hybridized carbons (Fsp3) is 0.226. The van der Waals surface area contributed by atoms with Crippen LogP contribution in [0.2, 0.25) is 0 Å². The number of rotatable bonds is 7. The number of nitrogens with one attached hydrogen (secondary N) is 1. The molecule has 4 aromatic rings. The van der Waals surface area contributed by atoms with E-state index in [1.807, 2.05) is 85.1 Å². The van der Waals surface area contributed by atoms with Crippen molar-refractivity contribution in [3.8, 4) is 17.2 Å². The summed E-state index contributed by atoms with van der Waals surface area (Å²) < 4.78 is 14.3. The van der Waals surface area contributed by atoms with E-state index in [2.05, 4.69) is 25.8 Å². The van der Waals surface area contributed by atoms with Gasteiger partial charge in [0.2, 0.25) is 5.91 Å². The van der Waals surface area contributed by atoms with E-state index in [1.165, 1.54) is 0 Å². The van der Waals surface area contributed by atoms with Crippen molar-refractivity contribution in [3.05, 3.63) is 101 Å². The average Bonchev–Trinajstić information content (AvgIpc) is 3.69. The van der Waals surface area contributed by atoms with Crippen molar-refractivity contribution in [1.29, 1.82) is 0 Å². The molecule has 6 rings (SSSR count). The molecule has 1 fully saturated rings. The number of aromatic nitrogens is 1. The Morgan fingerprint density at radius 2 is 1.75 bits per heavy atom. The van der Waals surface area contributed by atoms with Gasteiger partial charge in [0, 0.05) is 28.0 Å². The van der Waals surface area contributed by atoms with E-state index in [1.54, 1.807) is 24.0 Å². The molecule has 3 amide bonds. The fourth-order valence-corrected chi connectivity index (χ4v) is 5.74. The van der Waals surface area contributed by atoms with Crippen molar-refractivity contribution in [2.45, 2.75) is 24.9 Å². The lowest BCUT2D eigenvalue weighted by Gasteiger charge is -2.40. The monoisotopic (exact) mass is 600 g/mol. The van der Waals surface area contributed by atoms with Gasteiger partial charge in [-0.2, -0.15) is 0 Å². The number of hydrogen-bond acceptors (Lipinski definition) is 4. The minimum atomic E-state index is -0.503. The molecule has 1 aliphatic carbocycles. The molecule has 204 valence electrons. The summed E-state index contributed by atoms with van der Waals surface area (Å²) in [6.07, 6.45) is 3.73. The number of hydrogen-bond donors (Lipinski definition) is 1. The highest BCUT2D eigenvalue weighted by molar-refractivity contribution is 9.10. The van der Waals surface area contributed by atoms with Gasteiger partial charge in [0.05, 0.1) is 31.3 Å². The fourth-order valence-electron chi connectivity index (χ4n) is 5.35. The van der Waals surface area contributed by atoms with Crippen LogP contribution in [0.4, 0.5) is 16.2 Å². The van der Waals surface area contributed by atoms with Crippen LogP contribution in [0, 0.1) is 0 Å². The molecule has 0 spiro atoms. The summed E-state index contributed by atoms with van der Waals surface area (Å²) in [5, 5.41) is 2.96.